The van der Waals surface area contributed by atoms with Crippen molar-refractivity contribution in [1.29, 1.82) is 0 Å². The number of aromatic nitrogens is 1. The van der Waals surface area contributed by atoms with Crippen LogP contribution < -0.4 is 5.32 Å². The molecule has 0 radical (unpaired) electrons. The molecule has 1 aromatic heterocycles. The molecule has 2 nitrogen and oxygen atoms in total. The molecule has 0 aliphatic heterocycles. The molecule has 2 rings (SSSR count). The summed E-state index contributed by atoms with van der Waals surface area (Å²) in [6.45, 7) is 2.83. The molecule has 1 aromatic carbocycles. The van der Waals surface area contributed by atoms with Gasteiger partial charge in [-0.2, -0.15) is 0 Å². The molecule has 0 unspecified atom stereocenters. The number of anilines is 1. The Bertz CT molecular complexity index is 518. The Morgan fingerprint density at radius 3 is 2.58 bits per heavy atom. The van der Waals surface area contributed by atoms with E-state index in [-0.39, 0.29) is 0 Å². The van der Waals surface area contributed by atoms with Crippen molar-refractivity contribution in [3.63, 3.8) is 0 Å². The minimum atomic E-state index is 0.428. The van der Waals surface area contributed by atoms with E-state index in [9.17, 15) is 0 Å². The first-order valence-electron chi connectivity index (χ1n) is 6.27. The highest BCUT2D eigenvalue weighted by atomic mass is 35.5. The smallest absolute Gasteiger partial charge is 0.154 e. The number of halogens is 2. The van der Waals surface area contributed by atoms with Gasteiger partial charge in [0.1, 0.15) is 5.15 Å². The number of nitrogens with one attached hydrogen (secondary N) is 1. The lowest BCUT2D eigenvalue weighted by molar-refractivity contribution is 0.861. The van der Waals surface area contributed by atoms with E-state index < -0.39 is 0 Å². The summed E-state index contributed by atoms with van der Waals surface area (Å²) in [4.78, 5) is 4.04. The summed E-state index contributed by atoms with van der Waals surface area (Å²) >= 11 is 11.9. The van der Waals surface area contributed by atoms with Gasteiger partial charge in [-0.3, -0.25) is 0 Å². The van der Waals surface area contributed by atoms with Gasteiger partial charge in [0.25, 0.3) is 0 Å². The minimum absolute atomic E-state index is 0.428. The van der Waals surface area contributed by atoms with Crippen LogP contribution in [-0.4, -0.2) is 11.5 Å². The fourth-order valence-electron chi connectivity index (χ4n) is 1.96. The van der Waals surface area contributed by atoms with E-state index in [1.807, 2.05) is 19.1 Å². The predicted molar refractivity (Wildman–Crippen MR) is 82.2 cm³/mol. The lowest BCUT2D eigenvalue weighted by Crippen LogP contribution is -2.05. The number of hydrogen-bond acceptors (Lipinski definition) is 2. The average Bonchev–Trinajstić information content (AvgIpc) is 2.38. The zero-order valence-corrected chi connectivity index (χ0v) is 12.3. The van der Waals surface area contributed by atoms with Gasteiger partial charge in [0.15, 0.2) is 5.15 Å². The zero-order chi connectivity index (χ0) is 13.7. The standard InChI is InChI=1S/C15H16Cl2N2/c1-11-10-13(16)19-15(17)14(11)18-9-5-8-12-6-3-2-4-7-12/h2-4,6-7,10,18H,5,8-9H2,1H3. The van der Waals surface area contributed by atoms with E-state index in [4.69, 9.17) is 23.2 Å². The molecular formula is C15H16Cl2N2. The Kier molecular flexibility index (Phi) is 5.06. The van der Waals surface area contributed by atoms with Crippen molar-refractivity contribution < 1.29 is 0 Å². The van der Waals surface area contributed by atoms with Crippen molar-refractivity contribution in [2.75, 3.05) is 11.9 Å². The van der Waals surface area contributed by atoms with Crippen LogP contribution in [0, 0.1) is 6.92 Å². The number of aryl methyl sites for hydroxylation is 2. The second-order valence-electron chi connectivity index (χ2n) is 4.44. The fourth-order valence-corrected chi connectivity index (χ4v) is 2.56. The molecule has 0 aliphatic rings. The molecule has 1 heterocycles. The third-order valence-electron chi connectivity index (χ3n) is 2.93. The summed E-state index contributed by atoms with van der Waals surface area (Å²) in [5.74, 6) is 0. The van der Waals surface area contributed by atoms with E-state index in [2.05, 4.69) is 34.6 Å². The Morgan fingerprint density at radius 2 is 1.89 bits per heavy atom. The molecule has 0 fully saturated rings. The lowest BCUT2D eigenvalue weighted by Gasteiger charge is -2.11. The lowest BCUT2D eigenvalue weighted by atomic mass is 10.1. The van der Waals surface area contributed by atoms with Crippen LogP contribution in [0.25, 0.3) is 0 Å². The van der Waals surface area contributed by atoms with Gasteiger partial charge in [0, 0.05) is 6.54 Å². The molecule has 100 valence electrons. The van der Waals surface area contributed by atoms with Crippen LogP contribution in [0.5, 0.6) is 0 Å². The van der Waals surface area contributed by atoms with Crippen molar-refractivity contribution in [3.8, 4) is 0 Å². The van der Waals surface area contributed by atoms with Crippen molar-refractivity contribution in [1.82, 2.24) is 4.98 Å². The highest BCUT2D eigenvalue weighted by Gasteiger charge is 2.06. The molecule has 4 heteroatoms. The first kappa shape index (κ1) is 14.2. The molecule has 0 saturated heterocycles. The quantitative estimate of drug-likeness (QED) is 0.636. The first-order valence-corrected chi connectivity index (χ1v) is 7.03. The summed E-state index contributed by atoms with van der Waals surface area (Å²) in [5.41, 5.74) is 3.24. The molecule has 0 bridgehead atoms. The van der Waals surface area contributed by atoms with Crippen LogP contribution in [-0.2, 0) is 6.42 Å². The van der Waals surface area contributed by atoms with Crippen LogP contribution in [0.2, 0.25) is 10.3 Å². The average molecular weight is 295 g/mol. The van der Waals surface area contributed by atoms with Crippen LogP contribution in [0.15, 0.2) is 36.4 Å². The second-order valence-corrected chi connectivity index (χ2v) is 5.19. The Hall–Kier alpha value is -1.25. The van der Waals surface area contributed by atoms with Gasteiger partial charge >= 0.3 is 0 Å². The Morgan fingerprint density at radius 1 is 1.16 bits per heavy atom. The van der Waals surface area contributed by atoms with Crippen molar-refractivity contribution in [2.24, 2.45) is 0 Å². The van der Waals surface area contributed by atoms with E-state index in [0.717, 1.165) is 30.6 Å². The van der Waals surface area contributed by atoms with Crippen LogP contribution in [0.4, 0.5) is 5.69 Å². The largest absolute Gasteiger partial charge is 0.382 e. The van der Waals surface area contributed by atoms with Gasteiger partial charge in [0.05, 0.1) is 5.69 Å². The summed E-state index contributed by atoms with van der Waals surface area (Å²) < 4.78 is 0. The van der Waals surface area contributed by atoms with Gasteiger partial charge in [-0.15, -0.1) is 0 Å². The molecule has 19 heavy (non-hydrogen) atoms. The minimum Gasteiger partial charge on any atom is -0.382 e. The van der Waals surface area contributed by atoms with Crippen LogP contribution >= 0.6 is 23.2 Å². The van der Waals surface area contributed by atoms with E-state index in [0.29, 0.717) is 10.3 Å². The van der Waals surface area contributed by atoms with E-state index >= 15 is 0 Å². The number of pyridine rings is 1. The summed E-state index contributed by atoms with van der Waals surface area (Å²) in [7, 11) is 0. The first-order chi connectivity index (χ1) is 9.16. The van der Waals surface area contributed by atoms with Crippen LogP contribution in [0.3, 0.4) is 0 Å². The number of rotatable bonds is 5. The SMILES string of the molecule is Cc1cc(Cl)nc(Cl)c1NCCCc1ccccc1. The van der Waals surface area contributed by atoms with Crippen LogP contribution in [0.1, 0.15) is 17.5 Å². The zero-order valence-electron chi connectivity index (χ0n) is 10.8. The summed E-state index contributed by atoms with van der Waals surface area (Å²) in [6.07, 6.45) is 2.09. The molecule has 0 amide bonds. The topological polar surface area (TPSA) is 24.9 Å². The maximum absolute atomic E-state index is 6.07. The summed E-state index contributed by atoms with van der Waals surface area (Å²) in [6, 6.07) is 12.3. The monoisotopic (exact) mass is 294 g/mol. The predicted octanol–water partition coefficient (Wildman–Crippen LogP) is 4.74. The fraction of sp³-hybridized carbons (Fsp3) is 0.267. The van der Waals surface area contributed by atoms with Crippen molar-refractivity contribution >= 4 is 28.9 Å². The van der Waals surface area contributed by atoms with E-state index in [1.165, 1.54) is 5.56 Å². The Balaban J connectivity index is 1.86. The molecule has 2 aromatic rings. The van der Waals surface area contributed by atoms with E-state index in [1.54, 1.807) is 0 Å². The second kappa shape index (κ2) is 6.78. The highest BCUT2D eigenvalue weighted by molar-refractivity contribution is 6.34. The van der Waals surface area contributed by atoms with Crippen molar-refractivity contribution in [2.45, 2.75) is 19.8 Å². The molecule has 0 atom stereocenters. The normalized spacial score (nSPS) is 10.5. The number of hydrogen-bond donors (Lipinski definition) is 1. The van der Waals surface area contributed by atoms with Gasteiger partial charge in [-0.25, -0.2) is 4.98 Å². The van der Waals surface area contributed by atoms with Gasteiger partial charge in [-0.05, 0) is 37.0 Å². The van der Waals surface area contributed by atoms with Crippen molar-refractivity contribution in [3.05, 3.63) is 57.8 Å². The van der Waals surface area contributed by atoms with Gasteiger partial charge in [0.2, 0.25) is 0 Å². The van der Waals surface area contributed by atoms with Gasteiger partial charge in [-0.1, -0.05) is 53.5 Å². The molecule has 0 saturated carbocycles. The number of nitrogens with zero attached hydrogens (tertiary/aromatic N) is 1. The molecule has 0 aliphatic carbocycles. The van der Waals surface area contributed by atoms with Gasteiger partial charge < -0.3 is 5.32 Å². The number of benzene rings is 1. The third-order valence-corrected chi connectivity index (χ3v) is 3.40. The molecular weight excluding hydrogens is 279 g/mol. The molecule has 0 spiro atoms. The Labute approximate surface area is 123 Å². The third kappa shape index (κ3) is 4.12. The highest BCUT2D eigenvalue weighted by Crippen LogP contribution is 2.26. The maximum Gasteiger partial charge on any atom is 0.154 e. The molecule has 1 N–H and O–H groups in total. The summed E-state index contributed by atoms with van der Waals surface area (Å²) in [5, 5.41) is 4.19. The maximum atomic E-state index is 6.07.